The fourth-order valence-electron chi connectivity index (χ4n) is 2.37. The fourth-order valence-corrected chi connectivity index (χ4v) is 2.37. The monoisotopic (exact) mass is 229 g/mol. The van der Waals surface area contributed by atoms with Crippen LogP contribution in [0.2, 0.25) is 0 Å². The Bertz CT molecular complexity index is 253. The molecular formula is C12H23NO3. The van der Waals surface area contributed by atoms with E-state index in [1.54, 1.807) is 0 Å². The van der Waals surface area contributed by atoms with E-state index in [4.69, 9.17) is 5.11 Å². The van der Waals surface area contributed by atoms with Crippen LogP contribution in [-0.2, 0) is 4.79 Å². The van der Waals surface area contributed by atoms with Crippen molar-refractivity contribution in [3.8, 4) is 0 Å². The Hall–Kier alpha value is -0.610. The summed E-state index contributed by atoms with van der Waals surface area (Å²) in [5.41, 5.74) is -1.66. The van der Waals surface area contributed by atoms with Gasteiger partial charge in [-0.1, -0.05) is 13.8 Å². The van der Waals surface area contributed by atoms with Gasteiger partial charge in [0.15, 0.2) is 5.60 Å². The van der Waals surface area contributed by atoms with Gasteiger partial charge < -0.3 is 15.5 Å². The summed E-state index contributed by atoms with van der Waals surface area (Å²) in [5.74, 6) is 0.137. The van der Waals surface area contributed by atoms with Crippen molar-refractivity contribution in [3.05, 3.63) is 0 Å². The lowest BCUT2D eigenvalue weighted by Crippen LogP contribution is -2.50. The van der Waals surface area contributed by atoms with Crippen LogP contribution in [0.25, 0.3) is 0 Å². The lowest BCUT2D eigenvalue weighted by atomic mass is 9.79. The molecule has 0 aromatic carbocycles. The van der Waals surface area contributed by atoms with Crippen molar-refractivity contribution in [2.75, 3.05) is 6.54 Å². The minimum atomic E-state index is -1.66. The van der Waals surface area contributed by atoms with Gasteiger partial charge in [0.2, 0.25) is 0 Å². The molecule has 3 N–H and O–H groups in total. The first kappa shape index (κ1) is 13.5. The van der Waals surface area contributed by atoms with Gasteiger partial charge in [-0.05, 0) is 38.0 Å². The van der Waals surface area contributed by atoms with Crippen molar-refractivity contribution in [3.63, 3.8) is 0 Å². The quantitative estimate of drug-likeness (QED) is 0.678. The van der Waals surface area contributed by atoms with E-state index in [2.05, 4.69) is 19.2 Å². The highest BCUT2D eigenvalue weighted by molar-refractivity contribution is 5.76. The van der Waals surface area contributed by atoms with Gasteiger partial charge in [0, 0.05) is 12.6 Å². The molecule has 0 bridgehead atoms. The second-order valence-corrected chi connectivity index (χ2v) is 5.46. The van der Waals surface area contributed by atoms with Crippen LogP contribution < -0.4 is 5.32 Å². The molecule has 0 aliphatic heterocycles. The van der Waals surface area contributed by atoms with Gasteiger partial charge in [0.25, 0.3) is 0 Å². The molecule has 0 radical (unpaired) electrons. The first-order valence-corrected chi connectivity index (χ1v) is 6.02. The zero-order valence-corrected chi connectivity index (χ0v) is 10.4. The maximum Gasteiger partial charge on any atom is 0.336 e. The van der Waals surface area contributed by atoms with Gasteiger partial charge in [0.05, 0.1) is 0 Å². The normalized spacial score (nSPS) is 34.4. The number of carboxylic acid groups (broad SMARTS) is 1. The minimum Gasteiger partial charge on any atom is -0.479 e. The number of aliphatic hydroxyl groups is 1. The van der Waals surface area contributed by atoms with Crippen LogP contribution in [0.15, 0.2) is 0 Å². The molecule has 4 unspecified atom stereocenters. The van der Waals surface area contributed by atoms with Gasteiger partial charge in [-0.3, -0.25) is 0 Å². The van der Waals surface area contributed by atoms with E-state index in [0.717, 1.165) is 12.3 Å². The molecule has 4 nitrogen and oxygen atoms in total. The molecule has 4 atom stereocenters. The Kier molecular flexibility index (Phi) is 4.33. The van der Waals surface area contributed by atoms with E-state index in [1.165, 1.54) is 19.8 Å². The molecule has 0 aromatic heterocycles. The summed E-state index contributed by atoms with van der Waals surface area (Å²) in [6.07, 6.45) is 3.42. The van der Waals surface area contributed by atoms with Crippen LogP contribution in [0.4, 0.5) is 0 Å². The summed E-state index contributed by atoms with van der Waals surface area (Å²) in [4.78, 5) is 10.7. The number of hydrogen-bond acceptors (Lipinski definition) is 3. The third kappa shape index (κ3) is 3.46. The standard InChI is InChI=1S/C12H23NO3/c1-8-4-5-10(9(2)6-8)13-7-12(3,16)11(14)15/h8-10,13,16H,4-7H2,1-3H3,(H,14,15). The predicted molar refractivity (Wildman–Crippen MR) is 62.2 cm³/mol. The number of carbonyl (C=O) groups is 1. The summed E-state index contributed by atoms with van der Waals surface area (Å²) in [7, 11) is 0. The van der Waals surface area contributed by atoms with Crippen molar-refractivity contribution in [1.82, 2.24) is 5.32 Å². The lowest BCUT2D eigenvalue weighted by Gasteiger charge is -2.34. The highest BCUT2D eigenvalue weighted by Gasteiger charge is 2.32. The van der Waals surface area contributed by atoms with Gasteiger partial charge in [-0.15, -0.1) is 0 Å². The Balaban J connectivity index is 2.41. The molecule has 0 amide bonds. The number of nitrogens with one attached hydrogen (secondary N) is 1. The number of aliphatic carboxylic acids is 1. The summed E-state index contributed by atoms with van der Waals surface area (Å²) in [5, 5.41) is 21.6. The lowest BCUT2D eigenvalue weighted by molar-refractivity contribution is -0.156. The van der Waals surface area contributed by atoms with Gasteiger partial charge >= 0.3 is 5.97 Å². The van der Waals surface area contributed by atoms with Gasteiger partial charge in [-0.2, -0.15) is 0 Å². The molecule has 0 saturated heterocycles. The van der Waals surface area contributed by atoms with E-state index in [0.29, 0.717) is 12.0 Å². The number of hydrogen-bond donors (Lipinski definition) is 3. The number of rotatable bonds is 4. The van der Waals surface area contributed by atoms with Crippen LogP contribution >= 0.6 is 0 Å². The molecule has 1 fully saturated rings. The average molecular weight is 229 g/mol. The molecule has 1 saturated carbocycles. The third-order valence-electron chi connectivity index (χ3n) is 3.60. The Morgan fingerprint density at radius 3 is 2.56 bits per heavy atom. The molecule has 0 spiro atoms. The van der Waals surface area contributed by atoms with E-state index < -0.39 is 11.6 Å². The Labute approximate surface area is 97.0 Å². The summed E-state index contributed by atoms with van der Waals surface area (Å²) >= 11 is 0. The molecule has 0 heterocycles. The molecule has 1 rings (SSSR count). The molecule has 16 heavy (non-hydrogen) atoms. The van der Waals surface area contributed by atoms with Crippen molar-refractivity contribution in [2.45, 2.75) is 51.7 Å². The van der Waals surface area contributed by atoms with E-state index in [9.17, 15) is 9.90 Å². The average Bonchev–Trinajstić information content (AvgIpc) is 2.16. The Morgan fingerprint density at radius 1 is 1.44 bits per heavy atom. The van der Waals surface area contributed by atoms with Crippen LogP contribution in [0.1, 0.15) is 40.0 Å². The fraction of sp³-hybridized carbons (Fsp3) is 0.917. The highest BCUT2D eigenvalue weighted by atomic mass is 16.4. The SMILES string of the molecule is CC1CCC(NCC(C)(O)C(=O)O)C(C)C1. The molecule has 1 aliphatic carbocycles. The van der Waals surface area contributed by atoms with Crippen molar-refractivity contribution in [1.29, 1.82) is 0 Å². The van der Waals surface area contributed by atoms with Gasteiger partial charge in [-0.25, -0.2) is 4.79 Å². The molecule has 94 valence electrons. The van der Waals surface area contributed by atoms with Crippen LogP contribution in [0, 0.1) is 11.8 Å². The molecule has 0 aromatic rings. The zero-order chi connectivity index (χ0) is 12.3. The van der Waals surface area contributed by atoms with E-state index >= 15 is 0 Å². The van der Waals surface area contributed by atoms with Gasteiger partial charge in [0.1, 0.15) is 0 Å². The van der Waals surface area contributed by atoms with Crippen LogP contribution in [-0.4, -0.2) is 34.4 Å². The van der Waals surface area contributed by atoms with Crippen LogP contribution in [0.5, 0.6) is 0 Å². The maximum absolute atomic E-state index is 10.7. The predicted octanol–water partition coefficient (Wildman–Crippen LogP) is 1.24. The largest absolute Gasteiger partial charge is 0.479 e. The van der Waals surface area contributed by atoms with Crippen LogP contribution in [0.3, 0.4) is 0 Å². The third-order valence-corrected chi connectivity index (χ3v) is 3.60. The van der Waals surface area contributed by atoms with Crippen molar-refractivity contribution < 1.29 is 15.0 Å². The summed E-state index contributed by atoms with van der Waals surface area (Å²) in [6.45, 7) is 5.88. The molecule has 1 aliphatic rings. The van der Waals surface area contributed by atoms with E-state index in [-0.39, 0.29) is 6.54 Å². The zero-order valence-electron chi connectivity index (χ0n) is 10.4. The smallest absolute Gasteiger partial charge is 0.336 e. The van der Waals surface area contributed by atoms with E-state index in [1.807, 2.05) is 0 Å². The highest BCUT2D eigenvalue weighted by Crippen LogP contribution is 2.28. The molecular weight excluding hydrogens is 206 g/mol. The topological polar surface area (TPSA) is 69.6 Å². The number of carboxylic acids is 1. The maximum atomic E-state index is 10.7. The second-order valence-electron chi connectivity index (χ2n) is 5.46. The summed E-state index contributed by atoms with van der Waals surface area (Å²) < 4.78 is 0. The first-order valence-electron chi connectivity index (χ1n) is 6.02. The summed E-state index contributed by atoms with van der Waals surface area (Å²) in [6, 6.07) is 0.335. The first-order chi connectivity index (χ1) is 7.33. The Morgan fingerprint density at radius 2 is 2.06 bits per heavy atom. The second kappa shape index (κ2) is 5.15. The van der Waals surface area contributed by atoms with Crippen molar-refractivity contribution in [2.24, 2.45) is 11.8 Å². The minimum absolute atomic E-state index is 0.117. The molecule has 4 heteroatoms. The van der Waals surface area contributed by atoms with Crippen molar-refractivity contribution >= 4 is 5.97 Å².